The second-order valence-corrected chi connectivity index (χ2v) is 8.36. The Morgan fingerprint density at radius 1 is 1.20 bits per heavy atom. The number of aromatic nitrogens is 2. The van der Waals surface area contributed by atoms with Gasteiger partial charge in [0.05, 0.1) is 6.07 Å². The molecule has 4 aliphatic rings. The first-order valence-electron chi connectivity index (χ1n) is 7.61. The molecule has 20 heavy (non-hydrogen) atoms. The van der Waals surface area contributed by atoms with E-state index in [9.17, 15) is 9.90 Å². The van der Waals surface area contributed by atoms with E-state index in [1.54, 1.807) is 0 Å². The maximum Gasteiger partial charge on any atom is 0.254 e. The second kappa shape index (κ2) is 3.46. The summed E-state index contributed by atoms with van der Waals surface area (Å²) in [5, 5.41) is 9.69. The van der Waals surface area contributed by atoms with Crippen LogP contribution >= 0.6 is 0 Å². The van der Waals surface area contributed by atoms with Crippen LogP contribution in [0.1, 0.15) is 58.2 Å². The van der Waals surface area contributed by atoms with E-state index >= 15 is 0 Å². The lowest BCUT2D eigenvalue weighted by molar-refractivity contribution is -0.112. The highest BCUT2D eigenvalue weighted by Gasteiger charge is 2.61. The average molecular weight is 274 g/mol. The van der Waals surface area contributed by atoms with Crippen molar-refractivity contribution in [2.24, 2.45) is 16.7 Å². The summed E-state index contributed by atoms with van der Waals surface area (Å²) in [6, 6.07) is 1.16. The highest BCUT2D eigenvalue weighted by molar-refractivity contribution is 5.23. The van der Waals surface area contributed by atoms with Gasteiger partial charge in [0, 0.05) is 5.41 Å². The maximum absolute atomic E-state index is 11.7. The van der Waals surface area contributed by atoms with Gasteiger partial charge < -0.3 is 10.1 Å². The van der Waals surface area contributed by atoms with Gasteiger partial charge in [-0.05, 0) is 55.3 Å². The predicted molar refractivity (Wildman–Crippen MR) is 75.6 cm³/mol. The van der Waals surface area contributed by atoms with E-state index in [-0.39, 0.29) is 16.9 Å². The number of H-pyrrole nitrogens is 1. The Bertz CT molecular complexity index is 618. The highest BCUT2D eigenvalue weighted by Crippen LogP contribution is 2.69. The molecule has 1 aromatic rings. The first-order chi connectivity index (χ1) is 9.30. The van der Waals surface area contributed by atoms with Gasteiger partial charge in [-0.2, -0.15) is 4.98 Å². The van der Waals surface area contributed by atoms with E-state index in [1.165, 1.54) is 19.3 Å². The Morgan fingerprint density at radius 3 is 2.40 bits per heavy atom. The van der Waals surface area contributed by atoms with E-state index in [0.717, 1.165) is 37.1 Å². The van der Waals surface area contributed by atoms with Crippen LogP contribution in [0.5, 0.6) is 5.88 Å². The molecule has 4 fully saturated rings. The van der Waals surface area contributed by atoms with Crippen molar-refractivity contribution in [3.05, 3.63) is 22.2 Å². The summed E-state index contributed by atoms with van der Waals surface area (Å²) < 4.78 is 0. The molecule has 2 atom stereocenters. The molecule has 0 spiro atoms. The molecule has 2 unspecified atom stereocenters. The minimum Gasteiger partial charge on any atom is -0.493 e. The van der Waals surface area contributed by atoms with E-state index < -0.39 is 0 Å². The van der Waals surface area contributed by atoms with Gasteiger partial charge in [-0.15, -0.1) is 0 Å². The first kappa shape index (κ1) is 12.4. The summed E-state index contributed by atoms with van der Waals surface area (Å²) in [6.45, 7) is 4.79. The largest absolute Gasteiger partial charge is 0.493 e. The highest BCUT2D eigenvalue weighted by atomic mass is 16.3. The third-order valence-corrected chi connectivity index (χ3v) is 5.86. The molecule has 108 valence electrons. The Morgan fingerprint density at radius 2 is 1.85 bits per heavy atom. The topological polar surface area (TPSA) is 66.0 Å². The standard InChI is InChI=1S/C16H22N2O2/c1-14-4-10-5-15(2,7-14)9-16(6-10,8-14)13-17-11(19)3-12(20)18-13/h3,10H,4-9H2,1-2H3,(H2,17,18,19,20). The molecule has 4 bridgehead atoms. The van der Waals surface area contributed by atoms with Crippen molar-refractivity contribution in [3.8, 4) is 5.88 Å². The van der Waals surface area contributed by atoms with E-state index in [2.05, 4.69) is 23.8 Å². The lowest BCUT2D eigenvalue weighted by Crippen LogP contribution is -2.57. The van der Waals surface area contributed by atoms with Crippen LogP contribution in [0, 0.1) is 16.7 Å². The molecule has 1 aromatic heterocycles. The molecule has 4 nitrogen and oxygen atoms in total. The molecular weight excluding hydrogens is 252 g/mol. The molecule has 0 saturated heterocycles. The van der Waals surface area contributed by atoms with Crippen molar-refractivity contribution in [3.63, 3.8) is 0 Å². The molecule has 4 heteroatoms. The fraction of sp³-hybridized carbons (Fsp3) is 0.750. The SMILES string of the molecule is CC12CC3CC(C)(C1)CC(c1nc(O)cc(=O)[nH]1)(C3)C2. The average Bonchev–Trinajstić information content (AvgIpc) is 2.22. The number of aromatic hydroxyl groups is 1. The van der Waals surface area contributed by atoms with Crippen molar-refractivity contribution in [1.29, 1.82) is 0 Å². The Balaban J connectivity index is 1.86. The molecule has 0 aliphatic heterocycles. The van der Waals surface area contributed by atoms with E-state index in [0.29, 0.717) is 10.8 Å². The van der Waals surface area contributed by atoms with Gasteiger partial charge >= 0.3 is 0 Å². The number of aromatic amines is 1. The van der Waals surface area contributed by atoms with Crippen molar-refractivity contribution in [2.45, 2.75) is 57.8 Å². The minimum atomic E-state index is -0.237. The lowest BCUT2D eigenvalue weighted by atomic mass is 9.40. The first-order valence-corrected chi connectivity index (χ1v) is 7.61. The van der Waals surface area contributed by atoms with Crippen LogP contribution in [0.2, 0.25) is 0 Å². The zero-order valence-electron chi connectivity index (χ0n) is 12.2. The molecular formula is C16H22N2O2. The molecule has 1 heterocycles. The minimum absolute atomic E-state index is 0.0270. The molecule has 0 radical (unpaired) electrons. The predicted octanol–water partition coefficient (Wildman–Crippen LogP) is 2.72. The Labute approximate surface area is 118 Å². The molecule has 0 aromatic carbocycles. The summed E-state index contributed by atoms with van der Waals surface area (Å²) in [6.07, 6.45) is 7.23. The van der Waals surface area contributed by atoms with Crippen molar-refractivity contribution >= 4 is 0 Å². The zero-order chi connectivity index (χ0) is 14.2. The van der Waals surface area contributed by atoms with Gasteiger partial charge in [-0.3, -0.25) is 4.79 Å². The van der Waals surface area contributed by atoms with Crippen LogP contribution in [-0.2, 0) is 5.41 Å². The molecule has 5 rings (SSSR count). The number of nitrogens with one attached hydrogen (secondary N) is 1. The van der Waals surface area contributed by atoms with Gasteiger partial charge in [0.1, 0.15) is 5.82 Å². The maximum atomic E-state index is 11.7. The molecule has 0 amide bonds. The van der Waals surface area contributed by atoms with E-state index in [4.69, 9.17) is 0 Å². The Hall–Kier alpha value is -1.32. The second-order valence-electron chi connectivity index (χ2n) is 8.36. The number of hydrogen-bond acceptors (Lipinski definition) is 3. The third kappa shape index (κ3) is 1.66. The van der Waals surface area contributed by atoms with Gasteiger partial charge in [-0.25, -0.2) is 0 Å². The summed E-state index contributed by atoms with van der Waals surface area (Å²) in [7, 11) is 0. The summed E-state index contributed by atoms with van der Waals surface area (Å²) in [4.78, 5) is 18.9. The lowest BCUT2D eigenvalue weighted by Gasteiger charge is -2.64. The van der Waals surface area contributed by atoms with Crippen LogP contribution in [0.15, 0.2) is 10.9 Å². The fourth-order valence-electron chi connectivity index (χ4n) is 6.41. The van der Waals surface area contributed by atoms with Gasteiger partial charge in [0.2, 0.25) is 5.88 Å². The number of rotatable bonds is 1. The number of hydrogen-bond donors (Lipinski definition) is 2. The van der Waals surface area contributed by atoms with Gasteiger partial charge in [-0.1, -0.05) is 13.8 Å². The smallest absolute Gasteiger partial charge is 0.254 e. The molecule has 2 N–H and O–H groups in total. The summed E-state index contributed by atoms with van der Waals surface area (Å²) in [5.74, 6) is 1.33. The van der Waals surface area contributed by atoms with Crippen LogP contribution in [0.3, 0.4) is 0 Å². The van der Waals surface area contributed by atoms with Crippen molar-refractivity contribution < 1.29 is 5.11 Å². The van der Waals surface area contributed by atoms with Crippen LogP contribution in [0.25, 0.3) is 0 Å². The quantitative estimate of drug-likeness (QED) is 0.827. The molecule has 4 aliphatic carbocycles. The van der Waals surface area contributed by atoms with Crippen LogP contribution < -0.4 is 5.56 Å². The summed E-state index contributed by atoms with van der Waals surface area (Å²) >= 11 is 0. The monoisotopic (exact) mass is 274 g/mol. The zero-order valence-corrected chi connectivity index (χ0v) is 12.2. The van der Waals surface area contributed by atoms with Gasteiger partial charge in [0.25, 0.3) is 5.56 Å². The van der Waals surface area contributed by atoms with Crippen LogP contribution in [-0.4, -0.2) is 15.1 Å². The normalized spacial score (nSPS) is 45.8. The molecule has 4 saturated carbocycles. The Kier molecular flexibility index (Phi) is 2.15. The third-order valence-electron chi connectivity index (χ3n) is 5.86. The number of nitrogens with zero attached hydrogens (tertiary/aromatic N) is 1. The summed E-state index contributed by atoms with van der Waals surface area (Å²) in [5.41, 5.74) is 0.482. The van der Waals surface area contributed by atoms with Crippen LogP contribution in [0.4, 0.5) is 0 Å². The van der Waals surface area contributed by atoms with Crippen molar-refractivity contribution in [2.75, 3.05) is 0 Å². The van der Waals surface area contributed by atoms with E-state index in [1.807, 2.05) is 0 Å². The van der Waals surface area contributed by atoms with Crippen molar-refractivity contribution in [1.82, 2.24) is 9.97 Å². The van der Waals surface area contributed by atoms with Gasteiger partial charge in [0.15, 0.2) is 0 Å². The fourth-order valence-corrected chi connectivity index (χ4v) is 6.41.